The van der Waals surface area contributed by atoms with Crippen molar-refractivity contribution in [1.29, 1.82) is 5.41 Å². The lowest BCUT2D eigenvalue weighted by Gasteiger charge is -2.21. The number of hydrogen-bond donors (Lipinski definition) is 4. The monoisotopic (exact) mass is 406 g/mol. The number of allylic oxidation sites excluding steroid dienone is 1. The molecule has 4 N–H and O–H groups in total. The second-order valence-electron chi connectivity index (χ2n) is 7.62. The van der Waals surface area contributed by atoms with Crippen molar-refractivity contribution in [3.8, 4) is 11.3 Å². The zero-order valence-corrected chi connectivity index (χ0v) is 17.7. The van der Waals surface area contributed by atoms with E-state index < -0.39 is 0 Å². The molecule has 0 aliphatic heterocycles. The summed E-state index contributed by atoms with van der Waals surface area (Å²) in [4.78, 5) is 21.2. The highest BCUT2D eigenvalue weighted by Crippen LogP contribution is 2.24. The third-order valence-corrected chi connectivity index (χ3v) is 5.43. The largest absolute Gasteiger partial charge is 0.392 e. The number of rotatable bonds is 8. The molecule has 0 spiro atoms. The van der Waals surface area contributed by atoms with Gasteiger partial charge < -0.3 is 21.4 Å². The standard InChI is InChI=1S/C23H30N6O/c1-16-12-18(21-10-11-26-23(29-21)28-20(13-24)15-25-2)8-9-19(16)14-27-22(30)17-6-4-3-5-7-17/h8-13,15,17,24-25H,3-7,14H2,1-2H3,(H,27,30)(H,26,28,29)/b20-15+,24-13?. The third-order valence-electron chi connectivity index (χ3n) is 5.43. The average molecular weight is 407 g/mol. The zero-order chi connectivity index (χ0) is 21.3. The summed E-state index contributed by atoms with van der Waals surface area (Å²) in [5.74, 6) is 0.786. The second-order valence-corrected chi connectivity index (χ2v) is 7.62. The first-order valence-corrected chi connectivity index (χ1v) is 10.5. The quantitative estimate of drug-likeness (QED) is 0.500. The average Bonchev–Trinajstić information content (AvgIpc) is 2.78. The molecule has 1 fully saturated rings. The molecule has 0 bridgehead atoms. The summed E-state index contributed by atoms with van der Waals surface area (Å²) in [6.07, 6.45) is 10.2. The van der Waals surface area contributed by atoms with Crippen molar-refractivity contribution in [2.75, 3.05) is 12.4 Å². The second kappa shape index (κ2) is 10.5. The van der Waals surface area contributed by atoms with Crippen LogP contribution in [0.1, 0.15) is 43.2 Å². The molecule has 7 heteroatoms. The highest BCUT2D eigenvalue weighted by Gasteiger charge is 2.20. The molecule has 1 aromatic carbocycles. The van der Waals surface area contributed by atoms with Gasteiger partial charge in [0.05, 0.1) is 11.4 Å². The van der Waals surface area contributed by atoms with Crippen molar-refractivity contribution in [3.63, 3.8) is 0 Å². The number of nitrogens with one attached hydrogen (secondary N) is 4. The summed E-state index contributed by atoms with van der Waals surface area (Å²) in [5, 5.41) is 16.4. The molecule has 3 rings (SSSR count). The number of benzene rings is 1. The van der Waals surface area contributed by atoms with Crippen molar-refractivity contribution in [2.24, 2.45) is 5.92 Å². The van der Waals surface area contributed by atoms with Crippen LogP contribution in [0.2, 0.25) is 0 Å². The van der Waals surface area contributed by atoms with Crippen LogP contribution >= 0.6 is 0 Å². The molecule has 7 nitrogen and oxygen atoms in total. The lowest BCUT2D eigenvalue weighted by Crippen LogP contribution is -2.31. The van der Waals surface area contributed by atoms with E-state index in [0.717, 1.165) is 48.1 Å². The van der Waals surface area contributed by atoms with Crippen LogP contribution < -0.4 is 16.0 Å². The number of nitrogens with zero attached hydrogens (tertiary/aromatic N) is 2. The fraction of sp³-hybridized carbons (Fsp3) is 0.391. The van der Waals surface area contributed by atoms with Gasteiger partial charge in [-0.3, -0.25) is 4.79 Å². The van der Waals surface area contributed by atoms with Gasteiger partial charge in [0.2, 0.25) is 11.9 Å². The van der Waals surface area contributed by atoms with Crippen LogP contribution in [0.3, 0.4) is 0 Å². The molecule has 1 saturated carbocycles. The molecule has 1 heterocycles. The third kappa shape index (κ3) is 5.65. The minimum Gasteiger partial charge on any atom is -0.392 e. The van der Waals surface area contributed by atoms with Gasteiger partial charge in [-0.15, -0.1) is 0 Å². The smallest absolute Gasteiger partial charge is 0.227 e. The normalized spacial score (nSPS) is 14.8. The van der Waals surface area contributed by atoms with Gasteiger partial charge in [0.15, 0.2) is 0 Å². The molecule has 0 radical (unpaired) electrons. The van der Waals surface area contributed by atoms with Crippen LogP contribution in [-0.2, 0) is 11.3 Å². The molecular weight excluding hydrogens is 376 g/mol. The van der Waals surface area contributed by atoms with E-state index >= 15 is 0 Å². The van der Waals surface area contributed by atoms with Crippen molar-refractivity contribution >= 4 is 18.1 Å². The summed E-state index contributed by atoms with van der Waals surface area (Å²) in [7, 11) is 1.77. The maximum atomic E-state index is 12.4. The minimum atomic E-state index is 0.174. The van der Waals surface area contributed by atoms with E-state index in [1.807, 2.05) is 18.2 Å². The maximum absolute atomic E-state index is 12.4. The lowest BCUT2D eigenvalue weighted by atomic mass is 9.88. The van der Waals surface area contributed by atoms with E-state index in [1.54, 1.807) is 19.4 Å². The van der Waals surface area contributed by atoms with Gasteiger partial charge in [-0.2, -0.15) is 0 Å². The molecule has 0 saturated heterocycles. The van der Waals surface area contributed by atoms with Gasteiger partial charge in [-0.25, -0.2) is 9.97 Å². The summed E-state index contributed by atoms with van der Waals surface area (Å²) in [6, 6.07) is 8.00. The van der Waals surface area contributed by atoms with Crippen LogP contribution in [0.4, 0.5) is 5.95 Å². The lowest BCUT2D eigenvalue weighted by molar-refractivity contribution is -0.126. The molecular formula is C23H30N6O. The van der Waals surface area contributed by atoms with Crippen molar-refractivity contribution in [1.82, 2.24) is 20.6 Å². The highest BCUT2D eigenvalue weighted by molar-refractivity contribution is 5.80. The van der Waals surface area contributed by atoms with Crippen LogP contribution in [0.25, 0.3) is 11.3 Å². The van der Waals surface area contributed by atoms with Crippen LogP contribution in [0.15, 0.2) is 42.4 Å². The first-order chi connectivity index (χ1) is 14.6. The maximum Gasteiger partial charge on any atom is 0.227 e. The van der Waals surface area contributed by atoms with Gasteiger partial charge in [0.1, 0.15) is 0 Å². The topological polar surface area (TPSA) is 103 Å². The Kier molecular flexibility index (Phi) is 7.54. The van der Waals surface area contributed by atoms with Crippen molar-refractivity contribution in [3.05, 3.63) is 53.5 Å². The number of anilines is 1. The van der Waals surface area contributed by atoms with E-state index in [2.05, 4.69) is 38.9 Å². The van der Waals surface area contributed by atoms with E-state index in [4.69, 9.17) is 5.41 Å². The molecule has 1 aliphatic rings. The summed E-state index contributed by atoms with van der Waals surface area (Å²) >= 11 is 0. The minimum absolute atomic E-state index is 0.174. The number of carbonyl (C=O) groups is 1. The molecule has 1 aliphatic carbocycles. The SMILES string of the molecule is CN/C=C(\C=N)Nc1nccc(-c2ccc(CNC(=O)C3CCCCC3)c(C)c2)n1. The fourth-order valence-corrected chi connectivity index (χ4v) is 3.72. The van der Waals surface area contributed by atoms with Gasteiger partial charge >= 0.3 is 0 Å². The number of amides is 1. The van der Waals surface area contributed by atoms with Crippen LogP contribution in [0, 0.1) is 18.3 Å². The Morgan fingerprint density at radius 1 is 1.23 bits per heavy atom. The van der Waals surface area contributed by atoms with E-state index in [0.29, 0.717) is 18.2 Å². The highest BCUT2D eigenvalue weighted by atomic mass is 16.1. The first kappa shape index (κ1) is 21.5. The Morgan fingerprint density at radius 3 is 2.73 bits per heavy atom. The van der Waals surface area contributed by atoms with Gasteiger partial charge in [0, 0.05) is 43.7 Å². The van der Waals surface area contributed by atoms with Crippen LogP contribution in [0.5, 0.6) is 0 Å². The molecule has 0 atom stereocenters. The molecule has 2 aromatic rings. The van der Waals surface area contributed by atoms with Crippen molar-refractivity contribution in [2.45, 2.75) is 45.6 Å². The van der Waals surface area contributed by atoms with Crippen LogP contribution in [-0.4, -0.2) is 29.1 Å². The fourth-order valence-electron chi connectivity index (χ4n) is 3.72. The summed E-state index contributed by atoms with van der Waals surface area (Å²) < 4.78 is 0. The number of aryl methyl sites for hydroxylation is 1. The molecule has 1 aromatic heterocycles. The van der Waals surface area contributed by atoms with Crippen molar-refractivity contribution < 1.29 is 4.79 Å². The molecule has 1 amide bonds. The zero-order valence-electron chi connectivity index (χ0n) is 17.7. The number of hydrogen-bond acceptors (Lipinski definition) is 6. The predicted octanol–water partition coefficient (Wildman–Crippen LogP) is 3.77. The Hall–Kier alpha value is -3.22. The molecule has 0 unspecified atom stereocenters. The van der Waals surface area contributed by atoms with E-state index in [9.17, 15) is 4.79 Å². The Labute approximate surface area is 177 Å². The number of carbonyl (C=O) groups excluding carboxylic acids is 1. The molecule has 158 valence electrons. The van der Waals surface area contributed by atoms with Gasteiger partial charge in [-0.05, 0) is 43.0 Å². The Balaban J connectivity index is 1.67. The van der Waals surface area contributed by atoms with Gasteiger partial charge in [0.25, 0.3) is 0 Å². The summed E-state index contributed by atoms with van der Waals surface area (Å²) in [5.41, 5.74) is 4.56. The Bertz CT molecular complexity index is 918. The Morgan fingerprint density at radius 2 is 2.03 bits per heavy atom. The predicted molar refractivity (Wildman–Crippen MR) is 120 cm³/mol. The molecule has 30 heavy (non-hydrogen) atoms. The summed E-state index contributed by atoms with van der Waals surface area (Å²) in [6.45, 7) is 2.60. The van der Waals surface area contributed by atoms with E-state index in [-0.39, 0.29) is 11.8 Å². The van der Waals surface area contributed by atoms with E-state index in [1.165, 1.54) is 12.6 Å². The number of aromatic nitrogens is 2. The first-order valence-electron chi connectivity index (χ1n) is 10.5. The van der Waals surface area contributed by atoms with Gasteiger partial charge in [-0.1, -0.05) is 31.4 Å².